The minimum Gasteiger partial charge on any atom is -0.390 e. The lowest BCUT2D eigenvalue weighted by atomic mass is 10.1. The Morgan fingerprint density at radius 1 is 1.04 bits per heavy atom. The molecular formula is C19H21N3O. The second-order valence-electron chi connectivity index (χ2n) is 5.72. The maximum atomic E-state index is 9.55. The van der Waals surface area contributed by atoms with Gasteiger partial charge in [0.25, 0.3) is 0 Å². The fraction of sp³-hybridized carbons (Fsp3) is 0.263. The van der Waals surface area contributed by atoms with Gasteiger partial charge in [-0.1, -0.05) is 59.3 Å². The van der Waals surface area contributed by atoms with E-state index in [0.717, 1.165) is 30.6 Å². The normalized spacial score (nSPS) is 10.9. The number of aryl methyl sites for hydroxylation is 3. The highest BCUT2D eigenvalue weighted by Crippen LogP contribution is 2.23. The first kappa shape index (κ1) is 15.4. The summed E-state index contributed by atoms with van der Waals surface area (Å²) >= 11 is 0. The average molecular weight is 307 g/mol. The van der Waals surface area contributed by atoms with E-state index in [1.807, 2.05) is 22.9 Å². The Hall–Kier alpha value is -2.46. The summed E-state index contributed by atoms with van der Waals surface area (Å²) in [6.45, 7) is 2.75. The first-order chi connectivity index (χ1) is 11.3. The highest BCUT2D eigenvalue weighted by molar-refractivity contribution is 5.62. The van der Waals surface area contributed by atoms with Crippen LogP contribution in [0.25, 0.3) is 11.3 Å². The molecule has 4 heteroatoms. The minimum atomic E-state index is -0.0953. The van der Waals surface area contributed by atoms with Crippen LogP contribution >= 0.6 is 0 Å². The van der Waals surface area contributed by atoms with Gasteiger partial charge in [0.1, 0.15) is 5.69 Å². The summed E-state index contributed by atoms with van der Waals surface area (Å²) in [7, 11) is 0. The van der Waals surface area contributed by atoms with Gasteiger partial charge in [0, 0.05) is 12.1 Å². The second-order valence-corrected chi connectivity index (χ2v) is 5.72. The second kappa shape index (κ2) is 7.20. The lowest BCUT2D eigenvalue weighted by molar-refractivity contribution is 0.277. The first-order valence-electron chi connectivity index (χ1n) is 7.92. The van der Waals surface area contributed by atoms with Crippen molar-refractivity contribution in [2.75, 3.05) is 0 Å². The van der Waals surface area contributed by atoms with E-state index in [-0.39, 0.29) is 6.61 Å². The third kappa shape index (κ3) is 3.66. The Bertz CT molecular complexity index is 765. The van der Waals surface area contributed by atoms with Crippen LogP contribution in [0.3, 0.4) is 0 Å². The molecule has 23 heavy (non-hydrogen) atoms. The van der Waals surface area contributed by atoms with E-state index >= 15 is 0 Å². The summed E-state index contributed by atoms with van der Waals surface area (Å²) in [5.41, 5.74) is 5.12. The first-order valence-corrected chi connectivity index (χ1v) is 7.92. The molecule has 1 heterocycles. The smallest absolute Gasteiger partial charge is 0.116 e. The van der Waals surface area contributed by atoms with Crippen LogP contribution in [0.1, 0.15) is 23.2 Å². The van der Waals surface area contributed by atoms with Crippen molar-refractivity contribution in [3.8, 4) is 11.3 Å². The Morgan fingerprint density at radius 2 is 1.87 bits per heavy atom. The maximum absolute atomic E-state index is 9.55. The van der Waals surface area contributed by atoms with E-state index in [4.69, 9.17) is 0 Å². The van der Waals surface area contributed by atoms with Crippen LogP contribution in [0.2, 0.25) is 0 Å². The van der Waals surface area contributed by atoms with Crippen LogP contribution < -0.4 is 0 Å². The zero-order valence-corrected chi connectivity index (χ0v) is 13.3. The van der Waals surface area contributed by atoms with Crippen molar-refractivity contribution in [1.29, 1.82) is 0 Å². The monoisotopic (exact) mass is 307 g/mol. The number of nitrogens with zero attached hydrogens (tertiary/aromatic N) is 3. The molecule has 0 aliphatic heterocycles. The van der Waals surface area contributed by atoms with Crippen molar-refractivity contribution in [2.24, 2.45) is 0 Å². The molecule has 2 aromatic carbocycles. The molecule has 0 amide bonds. The number of rotatable bonds is 6. The van der Waals surface area contributed by atoms with Crippen LogP contribution in [0.15, 0.2) is 54.6 Å². The van der Waals surface area contributed by atoms with E-state index in [1.165, 1.54) is 11.1 Å². The largest absolute Gasteiger partial charge is 0.390 e. The SMILES string of the molecule is Cc1cccc(-c2c(CO)nnn2CCCc2ccccc2)c1. The third-order valence-electron chi connectivity index (χ3n) is 3.92. The molecule has 118 valence electrons. The van der Waals surface area contributed by atoms with Gasteiger partial charge in [-0.15, -0.1) is 5.10 Å². The number of hydrogen-bond acceptors (Lipinski definition) is 3. The number of aromatic nitrogens is 3. The lowest BCUT2D eigenvalue weighted by Crippen LogP contribution is -2.04. The Balaban J connectivity index is 1.79. The van der Waals surface area contributed by atoms with Gasteiger partial charge < -0.3 is 5.11 Å². The highest BCUT2D eigenvalue weighted by atomic mass is 16.3. The van der Waals surface area contributed by atoms with Crippen LogP contribution in [0, 0.1) is 6.92 Å². The van der Waals surface area contributed by atoms with Crippen molar-refractivity contribution in [1.82, 2.24) is 15.0 Å². The summed E-state index contributed by atoms with van der Waals surface area (Å²) in [5.74, 6) is 0. The molecule has 1 N–H and O–H groups in total. The van der Waals surface area contributed by atoms with Gasteiger partial charge in [0.15, 0.2) is 0 Å². The van der Waals surface area contributed by atoms with E-state index < -0.39 is 0 Å². The Morgan fingerprint density at radius 3 is 2.61 bits per heavy atom. The Labute approximate surface area is 136 Å². The molecule has 4 nitrogen and oxygen atoms in total. The van der Waals surface area contributed by atoms with Crippen LogP contribution in [0.5, 0.6) is 0 Å². The number of aliphatic hydroxyl groups excluding tert-OH is 1. The van der Waals surface area contributed by atoms with Gasteiger partial charge in [-0.2, -0.15) is 0 Å². The quantitative estimate of drug-likeness (QED) is 0.759. The predicted molar refractivity (Wildman–Crippen MR) is 90.9 cm³/mol. The van der Waals surface area contributed by atoms with Gasteiger partial charge in [-0.05, 0) is 31.4 Å². The molecule has 0 saturated carbocycles. The molecule has 3 rings (SSSR count). The summed E-state index contributed by atoms with van der Waals surface area (Å²) in [6.07, 6.45) is 1.99. The van der Waals surface area contributed by atoms with Gasteiger partial charge in [0.05, 0.1) is 12.3 Å². The van der Waals surface area contributed by atoms with Crippen molar-refractivity contribution in [2.45, 2.75) is 32.9 Å². The van der Waals surface area contributed by atoms with Gasteiger partial charge in [-0.25, -0.2) is 4.68 Å². The molecule has 0 saturated heterocycles. The lowest BCUT2D eigenvalue weighted by Gasteiger charge is -2.09. The summed E-state index contributed by atoms with van der Waals surface area (Å²) in [6, 6.07) is 18.7. The molecule has 0 aliphatic rings. The van der Waals surface area contributed by atoms with Gasteiger partial charge in [-0.3, -0.25) is 0 Å². The fourth-order valence-electron chi connectivity index (χ4n) is 2.80. The molecule has 0 unspecified atom stereocenters. The highest BCUT2D eigenvalue weighted by Gasteiger charge is 2.14. The average Bonchev–Trinajstić information content (AvgIpc) is 2.99. The number of hydrogen-bond donors (Lipinski definition) is 1. The van der Waals surface area contributed by atoms with Crippen molar-refractivity contribution in [3.63, 3.8) is 0 Å². The zero-order valence-electron chi connectivity index (χ0n) is 13.3. The summed E-state index contributed by atoms with van der Waals surface area (Å²) in [4.78, 5) is 0. The zero-order chi connectivity index (χ0) is 16.1. The van der Waals surface area contributed by atoms with Crippen molar-refractivity contribution < 1.29 is 5.11 Å². The van der Waals surface area contributed by atoms with E-state index in [9.17, 15) is 5.11 Å². The molecule has 0 bridgehead atoms. The van der Waals surface area contributed by atoms with Crippen LogP contribution in [-0.4, -0.2) is 20.1 Å². The van der Waals surface area contributed by atoms with Gasteiger partial charge in [0.2, 0.25) is 0 Å². The van der Waals surface area contributed by atoms with Crippen LogP contribution in [-0.2, 0) is 19.6 Å². The van der Waals surface area contributed by atoms with E-state index in [2.05, 4.69) is 53.6 Å². The predicted octanol–water partition coefficient (Wildman–Crippen LogP) is 3.38. The van der Waals surface area contributed by atoms with Crippen LogP contribution in [0.4, 0.5) is 0 Å². The molecular weight excluding hydrogens is 286 g/mol. The minimum absolute atomic E-state index is 0.0953. The van der Waals surface area contributed by atoms with Crippen molar-refractivity contribution in [3.05, 3.63) is 71.4 Å². The molecule has 0 radical (unpaired) electrons. The fourth-order valence-corrected chi connectivity index (χ4v) is 2.80. The van der Waals surface area contributed by atoms with Crippen molar-refractivity contribution >= 4 is 0 Å². The maximum Gasteiger partial charge on any atom is 0.116 e. The molecule has 0 atom stereocenters. The molecule has 3 aromatic rings. The number of aliphatic hydroxyl groups is 1. The molecule has 0 fully saturated rings. The summed E-state index contributed by atoms with van der Waals surface area (Å²) in [5, 5.41) is 17.9. The van der Waals surface area contributed by atoms with E-state index in [0.29, 0.717) is 5.69 Å². The third-order valence-corrected chi connectivity index (χ3v) is 3.92. The standard InChI is InChI=1S/C19H21N3O/c1-15-7-5-11-17(13-15)19-18(14-23)20-21-22(19)12-6-10-16-8-3-2-4-9-16/h2-5,7-9,11,13,23H,6,10,12,14H2,1H3. The molecule has 0 aliphatic carbocycles. The summed E-state index contributed by atoms with van der Waals surface area (Å²) < 4.78 is 1.91. The Kier molecular flexibility index (Phi) is 4.83. The van der Waals surface area contributed by atoms with Gasteiger partial charge >= 0.3 is 0 Å². The molecule has 1 aromatic heterocycles. The number of benzene rings is 2. The molecule has 0 spiro atoms. The van der Waals surface area contributed by atoms with E-state index in [1.54, 1.807) is 0 Å². The topological polar surface area (TPSA) is 50.9 Å².